The number of hydrogen-bond acceptors (Lipinski definition) is 9. The van der Waals surface area contributed by atoms with Gasteiger partial charge in [0.25, 0.3) is 5.69 Å². The summed E-state index contributed by atoms with van der Waals surface area (Å²) in [5, 5.41) is 30.9. The predicted octanol–water partition coefficient (Wildman–Crippen LogP) is 8.69. The molecule has 2 atom stereocenters. The number of nitrogens with two attached hydrogens (primary N) is 1. The SMILES string of the molecule is CCCCC(CC)COc1cc(/N=N/c2ccc([N+](=O)[O-])cc2[N+](=O)[O-])c(OCC(CC)CCCC)cc1N. The number of benzene rings is 2. The fourth-order valence-corrected chi connectivity index (χ4v) is 4.06. The van der Waals surface area contributed by atoms with Crippen LogP contribution < -0.4 is 15.2 Å². The van der Waals surface area contributed by atoms with E-state index in [0.29, 0.717) is 47.9 Å². The first-order valence-corrected chi connectivity index (χ1v) is 13.8. The molecule has 11 nitrogen and oxygen atoms in total. The Kier molecular flexibility index (Phi) is 13.1. The molecule has 2 unspecified atom stereocenters. The highest BCUT2D eigenvalue weighted by atomic mass is 16.6. The number of anilines is 1. The van der Waals surface area contributed by atoms with Crippen LogP contribution >= 0.6 is 0 Å². The average molecular weight is 544 g/mol. The standard InChI is InChI=1S/C28H41N5O6/c1-5-9-11-20(7-3)18-38-27-17-25(28(16-23(27)29)39-19-21(8-4)12-10-6-2)31-30-24-14-13-22(32(34)35)15-26(24)33(36)37/h13-17,20-21H,5-12,18-19,29H2,1-4H3/b31-30+. The molecule has 0 radical (unpaired) electrons. The third kappa shape index (κ3) is 9.81. The maximum Gasteiger partial charge on any atom is 0.303 e. The van der Waals surface area contributed by atoms with Crippen LogP contribution in [-0.4, -0.2) is 23.1 Å². The van der Waals surface area contributed by atoms with E-state index in [1.807, 2.05) is 0 Å². The summed E-state index contributed by atoms with van der Waals surface area (Å²) in [6.45, 7) is 9.51. The van der Waals surface area contributed by atoms with E-state index >= 15 is 0 Å². The molecule has 0 saturated heterocycles. The third-order valence-corrected chi connectivity index (χ3v) is 6.76. The molecular formula is C28H41N5O6. The zero-order chi connectivity index (χ0) is 28.8. The first-order chi connectivity index (χ1) is 18.7. The molecule has 11 heteroatoms. The minimum absolute atomic E-state index is 0.115. The maximum absolute atomic E-state index is 11.5. The topological polar surface area (TPSA) is 155 Å². The first-order valence-electron chi connectivity index (χ1n) is 13.8. The molecule has 0 aliphatic carbocycles. The zero-order valence-corrected chi connectivity index (χ0v) is 23.4. The Morgan fingerprint density at radius 1 is 0.795 bits per heavy atom. The first kappa shape index (κ1) is 31.5. The van der Waals surface area contributed by atoms with Gasteiger partial charge >= 0.3 is 5.69 Å². The van der Waals surface area contributed by atoms with E-state index in [1.165, 1.54) is 6.07 Å². The molecule has 0 heterocycles. The number of rotatable bonds is 18. The van der Waals surface area contributed by atoms with Crippen molar-refractivity contribution in [3.63, 3.8) is 0 Å². The molecule has 0 spiro atoms. The molecule has 2 N–H and O–H groups in total. The van der Waals surface area contributed by atoms with Crippen molar-refractivity contribution in [2.24, 2.45) is 22.1 Å². The van der Waals surface area contributed by atoms with Crippen LogP contribution in [0.25, 0.3) is 0 Å². The maximum atomic E-state index is 11.5. The molecule has 0 amide bonds. The smallest absolute Gasteiger partial charge is 0.303 e. The molecule has 0 aromatic heterocycles. The second-order valence-corrected chi connectivity index (χ2v) is 9.70. The lowest BCUT2D eigenvalue weighted by atomic mass is 10.0. The van der Waals surface area contributed by atoms with Gasteiger partial charge < -0.3 is 15.2 Å². The van der Waals surface area contributed by atoms with Crippen molar-refractivity contribution in [2.45, 2.75) is 79.1 Å². The Bertz CT molecular complexity index is 1120. The minimum Gasteiger partial charge on any atom is -0.491 e. The number of non-ortho nitro benzene ring substituents is 1. The lowest BCUT2D eigenvalue weighted by molar-refractivity contribution is -0.393. The highest BCUT2D eigenvalue weighted by Crippen LogP contribution is 2.40. The van der Waals surface area contributed by atoms with Gasteiger partial charge in [-0.05, 0) is 30.7 Å². The molecule has 39 heavy (non-hydrogen) atoms. The summed E-state index contributed by atoms with van der Waals surface area (Å²) in [4.78, 5) is 21.2. The zero-order valence-electron chi connectivity index (χ0n) is 23.4. The summed E-state index contributed by atoms with van der Waals surface area (Å²) in [7, 11) is 0. The van der Waals surface area contributed by atoms with Gasteiger partial charge in [-0.15, -0.1) is 10.2 Å². The van der Waals surface area contributed by atoms with Gasteiger partial charge in [0.2, 0.25) is 0 Å². The van der Waals surface area contributed by atoms with Crippen LogP contribution in [0.2, 0.25) is 0 Å². The normalized spacial score (nSPS) is 12.8. The summed E-state index contributed by atoms with van der Waals surface area (Å²) in [5.41, 5.74) is 5.99. The number of nitrogens with zero attached hydrogens (tertiary/aromatic N) is 4. The average Bonchev–Trinajstić information content (AvgIpc) is 2.93. The molecule has 2 aromatic rings. The van der Waals surface area contributed by atoms with Gasteiger partial charge in [0, 0.05) is 18.2 Å². The molecular weight excluding hydrogens is 502 g/mol. The van der Waals surface area contributed by atoms with E-state index < -0.39 is 21.2 Å². The Balaban J connectivity index is 2.41. The third-order valence-electron chi connectivity index (χ3n) is 6.76. The van der Waals surface area contributed by atoms with Crippen LogP contribution in [0, 0.1) is 32.1 Å². The number of ether oxygens (including phenoxy) is 2. The number of nitro benzene ring substituents is 2. The molecule has 0 fully saturated rings. The van der Waals surface area contributed by atoms with Crippen molar-refractivity contribution in [1.29, 1.82) is 0 Å². The van der Waals surface area contributed by atoms with E-state index in [0.717, 1.165) is 63.5 Å². The van der Waals surface area contributed by atoms with Crippen LogP contribution in [-0.2, 0) is 0 Å². The van der Waals surface area contributed by atoms with Crippen LogP contribution in [0.3, 0.4) is 0 Å². The number of nitrogen functional groups attached to an aromatic ring is 1. The quantitative estimate of drug-likeness (QED) is 0.0852. The number of azo groups is 1. The van der Waals surface area contributed by atoms with Crippen LogP contribution in [0.15, 0.2) is 40.6 Å². The van der Waals surface area contributed by atoms with Crippen LogP contribution in [0.4, 0.5) is 28.4 Å². The van der Waals surface area contributed by atoms with E-state index in [9.17, 15) is 20.2 Å². The number of nitro groups is 2. The predicted molar refractivity (Wildman–Crippen MR) is 152 cm³/mol. The molecule has 2 rings (SSSR count). The fourth-order valence-electron chi connectivity index (χ4n) is 4.06. The number of unbranched alkanes of at least 4 members (excludes halogenated alkanes) is 2. The summed E-state index contributed by atoms with van der Waals surface area (Å²) < 4.78 is 12.2. The largest absolute Gasteiger partial charge is 0.491 e. The molecule has 0 saturated carbocycles. The van der Waals surface area contributed by atoms with Gasteiger partial charge in [0.1, 0.15) is 17.2 Å². The molecule has 0 aliphatic rings. The van der Waals surface area contributed by atoms with Crippen molar-refractivity contribution in [1.82, 2.24) is 0 Å². The van der Waals surface area contributed by atoms with Gasteiger partial charge in [0.05, 0.1) is 34.8 Å². The molecule has 0 aliphatic heterocycles. The van der Waals surface area contributed by atoms with Gasteiger partial charge in [-0.3, -0.25) is 20.2 Å². The Morgan fingerprint density at radius 3 is 1.87 bits per heavy atom. The summed E-state index contributed by atoms with van der Waals surface area (Å²) in [6, 6.07) is 6.49. The Hall–Kier alpha value is -3.76. The van der Waals surface area contributed by atoms with Gasteiger partial charge in [0.15, 0.2) is 5.69 Å². The molecule has 214 valence electrons. The summed E-state index contributed by atoms with van der Waals surface area (Å²) in [5.74, 6) is 1.56. The van der Waals surface area contributed by atoms with Gasteiger partial charge in [-0.25, -0.2) is 0 Å². The van der Waals surface area contributed by atoms with E-state index in [-0.39, 0.29) is 5.69 Å². The lowest BCUT2D eigenvalue weighted by Crippen LogP contribution is -2.13. The number of hydrogen-bond donors (Lipinski definition) is 1. The summed E-state index contributed by atoms with van der Waals surface area (Å²) >= 11 is 0. The van der Waals surface area contributed by atoms with E-state index in [2.05, 4.69) is 37.9 Å². The van der Waals surface area contributed by atoms with E-state index in [4.69, 9.17) is 15.2 Å². The monoisotopic (exact) mass is 543 g/mol. The van der Waals surface area contributed by atoms with E-state index in [1.54, 1.807) is 12.1 Å². The van der Waals surface area contributed by atoms with Crippen LogP contribution in [0.1, 0.15) is 79.1 Å². The van der Waals surface area contributed by atoms with Crippen molar-refractivity contribution >= 4 is 28.4 Å². The van der Waals surface area contributed by atoms with Crippen LogP contribution in [0.5, 0.6) is 11.5 Å². The molecule has 0 bridgehead atoms. The fraction of sp³-hybridized carbons (Fsp3) is 0.571. The van der Waals surface area contributed by atoms with Gasteiger partial charge in [-0.2, -0.15) is 0 Å². The van der Waals surface area contributed by atoms with Crippen molar-refractivity contribution in [2.75, 3.05) is 18.9 Å². The second-order valence-electron chi connectivity index (χ2n) is 9.70. The van der Waals surface area contributed by atoms with Gasteiger partial charge in [-0.1, -0.05) is 66.2 Å². The highest BCUT2D eigenvalue weighted by molar-refractivity contribution is 5.67. The van der Waals surface area contributed by atoms with Crippen molar-refractivity contribution < 1.29 is 19.3 Å². The minimum atomic E-state index is -0.725. The second kappa shape index (κ2) is 16.3. The molecule has 2 aromatic carbocycles. The van der Waals surface area contributed by atoms with Crippen molar-refractivity contribution in [3.8, 4) is 11.5 Å². The Labute approximate surface area is 230 Å². The Morgan fingerprint density at radius 2 is 1.36 bits per heavy atom. The highest BCUT2D eigenvalue weighted by Gasteiger charge is 2.20. The summed E-state index contributed by atoms with van der Waals surface area (Å²) in [6.07, 6.45) is 8.46. The lowest BCUT2D eigenvalue weighted by Gasteiger charge is -2.19. The van der Waals surface area contributed by atoms with Crippen molar-refractivity contribution in [3.05, 3.63) is 50.6 Å².